The fourth-order valence-corrected chi connectivity index (χ4v) is 2.53. The van der Waals surface area contributed by atoms with Gasteiger partial charge < -0.3 is 15.4 Å². The maximum absolute atomic E-state index is 12.5. The first-order valence-corrected chi connectivity index (χ1v) is 7.48. The zero-order chi connectivity index (χ0) is 14.2. The summed E-state index contributed by atoms with van der Waals surface area (Å²) in [6.45, 7) is 2.05. The topological polar surface area (TPSA) is 55.6 Å². The predicted octanol–water partition coefficient (Wildman–Crippen LogP) is 2.33. The molecule has 1 aromatic rings. The summed E-state index contributed by atoms with van der Waals surface area (Å²) in [5, 5.41) is 0. The Bertz CT molecular complexity index is 402. The Morgan fingerprint density at radius 2 is 2.10 bits per heavy atom. The summed E-state index contributed by atoms with van der Waals surface area (Å²) in [6, 6.07) is 9.80. The zero-order valence-corrected chi connectivity index (χ0v) is 12.0. The minimum absolute atomic E-state index is 0.0836. The summed E-state index contributed by atoms with van der Waals surface area (Å²) in [5.74, 6) is 0.136. The van der Waals surface area contributed by atoms with Gasteiger partial charge in [0.15, 0.2) is 0 Å². The Hall–Kier alpha value is -1.39. The van der Waals surface area contributed by atoms with Crippen molar-refractivity contribution in [1.82, 2.24) is 0 Å². The van der Waals surface area contributed by atoms with E-state index in [1.807, 2.05) is 35.2 Å². The first-order valence-electron chi connectivity index (χ1n) is 7.48. The molecule has 4 nitrogen and oxygen atoms in total. The Kier molecular flexibility index (Phi) is 6.02. The lowest BCUT2D eigenvalue weighted by Gasteiger charge is -2.27. The fourth-order valence-electron chi connectivity index (χ4n) is 2.53. The van der Waals surface area contributed by atoms with E-state index in [2.05, 4.69) is 0 Å². The third-order valence-corrected chi connectivity index (χ3v) is 3.63. The minimum atomic E-state index is 0.0836. The number of benzene rings is 1. The zero-order valence-electron chi connectivity index (χ0n) is 12.0. The lowest BCUT2D eigenvalue weighted by Crippen LogP contribution is -2.36. The van der Waals surface area contributed by atoms with E-state index in [4.69, 9.17) is 10.5 Å². The summed E-state index contributed by atoms with van der Waals surface area (Å²) in [4.78, 5) is 14.4. The first kappa shape index (κ1) is 15.0. The van der Waals surface area contributed by atoms with Crippen molar-refractivity contribution in [3.05, 3.63) is 30.3 Å². The molecule has 0 saturated carbocycles. The van der Waals surface area contributed by atoms with E-state index in [-0.39, 0.29) is 12.0 Å². The minimum Gasteiger partial charge on any atom is -0.378 e. The van der Waals surface area contributed by atoms with Crippen LogP contribution in [0.3, 0.4) is 0 Å². The van der Waals surface area contributed by atoms with Crippen LogP contribution in [0.1, 0.15) is 32.1 Å². The molecule has 2 rings (SSSR count). The van der Waals surface area contributed by atoms with Gasteiger partial charge in [0, 0.05) is 18.8 Å². The van der Waals surface area contributed by atoms with Gasteiger partial charge in [0.1, 0.15) is 0 Å². The van der Waals surface area contributed by atoms with Gasteiger partial charge in [-0.3, -0.25) is 4.79 Å². The molecule has 0 radical (unpaired) electrons. The molecule has 0 aliphatic carbocycles. The molecule has 1 atom stereocenters. The fraction of sp³-hybridized carbons (Fsp3) is 0.562. The van der Waals surface area contributed by atoms with Crippen molar-refractivity contribution in [2.45, 2.75) is 38.2 Å². The summed E-state index contributed by atoms with van der Waals surface area (Å²) >= 11 is 0. The van der Waals surface area contributed by atoms with Crippen molar-refractivity contribution in [2.75, 3.05) is 24.6 Å². The lowest BCUT2D eigenvalue weighted by atomic mass is 10.1. The van der Waals surface area contributed by atoms with Crippen molar-refractivity contribution in [2.24, 2.45) is 5.73 Å². The van der Waals surface area contributed by atoms with Crippen molar-refractivity contribution in [3.8, 4) is 0 Å². The predicted molar refractivity (Wildman–Crippen MR) is 80.7 cm³/mol. The van der Waals surface area contributed by atoms with Crippen LogP contribution in [0.25, 0.3) is 0 Å². The highest BCUT2D eigenvalue weighted by Gasteiger charge is 2.22. The standard InChI is InChI=1S/C16H24N2O2/c17-10-6-11-18(14-7-2-1-3-8-14)16(19)13-15-9-4-5-12-20-15/h1-3,7-8,15H,4-6,9-13,17H2. The highest BCUT2D eigenvalue weighted by molar-refractivity contribution is 5.93. The number of anilines is 1. The summed E-state index contributed by atoms with van der Waals surface area (Å²) in [7, 11) is 0. The smallest absolute Gasteiger partial charge is 0.229 e. The van der Waals surface area contributed by atoms with Crippen LogP contribution in [0.15, 0.2) is 30.3 Å². The molecule has 1 aliphatic rings. The van der Waals surface area contributed by atoms with E-state index >= 15 is 0 Å². The molecular formula is C16H24N2O2. The molecule has 1 heterocycles. The van der Waals surface area contributed by atoms with Gasteiger partial charge in [-0.1, -0.05) is 18.2 Å². The van der Waals surface area contributed by atoms with Crippen molar-refractivity contribution in [3.63, 3.8) is 0 Å². The molecule has 20 heavy (non-hydrogen) atoms. The van der Waals surface area contributed by atoms with Gasteiger partial charge >= 0.3 is 0 Å². The number of para-hydroxylation sites is 1. The molecule has 1 aliphatic heterocycles. The van der Waals surface area contributed by atoms with Gasteiger partial charge in [-0.05, 0) is 44.4 Å². The highest BCUT2D eigenvalue weighted by atomic mass is 16.5. The van der Waals surface area contributed by atoms with Crippen molar-refractivity contribution >= 4 is 11.6 Å². The van der Waals surface area contributed by atoms with Gasteiger partial charge in [0.05, 0.1) is 12.5 Å². The Morgan fingerprint density at radius 3 is 2.75 bits per heavy atom. The third-order valence-electron chi connectivity index (χ3n) is 3.63. The maximum Gasteiger partial charge on any atom is 0.229 e. The van der Waals surface area contributed by atoms with Crippen molar-refractivity contribution < 1.29 is 9.53 Å². The molecule has 0 spiro atoms. The van der Waals surface area contributed by atoms with Crippen LogP contribution in [0.2, 0.25) is 0 Å². The Morgan fingerprint density at radius 1 is 1.30 bits per heavy atom. The summed E-state index contributed by atoms with van der Waals surface area (Å²) < 4.78 is 5.67. The third kappa shape index (κ3) is 4.32. The average molecular weight is 276 g/mol. The van der Waals surface area contributed by atoms with E-state index in [0.29, 0.717) is 19.5 Å². The number of rotatable bonds is 6. The van der Waals surface area contributed by atoms with Crippen LogP contribution >= 0.6 is 0 Å². The number of carbonyl (C=O) groups excluding carboxylic acids is 1. The Labute approximate surface area is 120 Å². The molecular weight excluding hydrogens is 252 g/mol. The molecule has 1 unspecified atom stereocenters. The molecule has 1 saturated heterocycles. The first-order chi connectivity index (χ1) is 9.81. The van der Waals surface area contributed by atoms with Crippen LogP contribution in [-0.2, 0) is 9.53 Å². The van der Waals surface area contributed by atoms with E-state index in [1.54, 1.807) is 0 Å². The van der Waals surface area contributed by atoms with E-state index in [9.17, 15) is 4.79 Å². The van der Waals surface area contributed by atoms with Crippen LogP contribution in [0.5, 0.6) is 0 Å². The highest BCUT2D eigenvalue weighted by Crippen LogP contribution is 2.20. The number of ether oxygens (including phenoxy) is 1. The van der Waals surface area contributed by atoms with Gasteiger partial charge in [-0.25, -0.2) is 0 Å². The normalized spacial score (nSPS) is 18.8. The van der Waals surface area contributed by atoms with Crippen LogP contribution in [0, 0.1) is 0 Å². The van der Waals surface area contributed by atoms with Gasteiger partial charge in [0.2, 0.25) is 5.91 Å². The monoisotopic (exact) mass is 276 g/mol. The number of hydrogen-bond donors (Lipinski definition) is 1. The van der Waals surface area contributed by atoms with Gasteiger partial charge in [-0.2, -0.15) is 0 Å². The Balaban J connectivity index is 1.99. The van der Waals surface area contributed by atoms with Crippen LogP contribution < -0.4 is 10.6 Å². The van der Waals surface area contributed by atoms with Crippen LogP contribution in [-0.4, -0.2) is 31.7 Å². The molecule has 110 valence electrons. The second-order valence-corrected chi connectivity index (χ2v) is 5.22. The van der Waals surface area contributed by atoms with Gasteiger partial charge in [0.25, 0.3) is 0 Å². The molecule has 1 fully saturated rings. The van der Waals surface area contributed by atoms with Crippen LogP contribution in [0.4, 0.5) is 5.69 Å². The van der Waals surface area contributed by atoms with Gasteiger partial charge in [-0.15, -0.1) is 0 Å². The number of hydrogen-bond acceptors (Lipinski definition) is 3. The summed E-state index contributed by atoms with van der Waals surface area (Å²) in [6.07, 6.45) is 4.63. The lowest BCUT2D eigenvalue weighted by molar-refractivity contribution is -0.122. The largest absolute Gasteiger partial charge is 0.378 e. The number of amides is 1. The molecule has 2 N–H and O–H groups in total. The second-order valence-electron chi connectivity index (χ2n) is 5.22. The quantitative estimate of drug-likeness (QED) is 0.867. The van der Waals surface area contributed by atoms with E-state index < -0.39 is 0 Å². The second kappa shape index (κ2) is 8.02. The average Bonchev–Trinajstić information content (AvgIpc) is 2.50. The van der Waals surface area contributed by atoms with E-state index in [0.717, 1.165) is 38.0 Å². The molecule has 0 aromatic heterocycles. The molecule has 0 bridgehead atoms. The SMILES string of the molecule is NCCCN(C(=O)CC1CCCCO1)c1ccccc1. The number of carbonyl (C=O) groups is 1. The number of nitrogens with zero attached hydrogens (tertiary/aromatic N) is 1. The molecule has 4 heteroatoms. The molecule has 1 aromatic carbocycles. The van der Waals surface area contributed by atoms with Crippen molar-refractivity contribution in [1.29, 1.82) is 0 Å². The summed E-state index contributed by atoms with van der Waals surface area (Å²) in [5.41, 5.74) is 6.52. The van der Waals surface area contributed by atoms with E-state index in [1.165, 1.54) is 0 Å². The maximum atomic E-state index is 12.5. The number of nitrogens with two attached hydrogens (primary N) is 1. The molecule has 1 amide bonds.